The van der Waals surface area contributed by atoms with Gasteiger partial charge in [0.05, 0.1) is 17.9 Å². The normalized spacial score (nSPS) is 13.8. The highest BCUT2D eigenvalue weighted by molar-refractivity contribution is 7.18. The van der Waals surface area contributed by atoms with Gasteiger partial charge in [-0.15, -0.1) is 11.3 Å². The summed E-state index contributed by atoms with van der Waals surface area (Å²) in [4.78, 5) is 31.5. The zero-order valence-corrected chi connectivity index (χ0v) is 16.6. The Morgan fingerprint density at radius 1 is 1.29 bits per heavy atom. The van der Waals surface area contributed by atoms with E-state index in [1.165, 1.54) is 21.3 Å². The van der Waals surface area contributed by atoms with Crippen LogP contribution in [0, 0.1) is 0 Å². The van der Waals surface area contributed by atoms with E-state index in [-0.39, 0.29) is 18.0 Å². The van der Waals surface area contributed by atoms with E-state index in [1.54, 1.807) is 17.6 Å². The number of aromatic nitrogens is 2. The summed E-state index contributed by atoms with van der Waals surface area (Å²) in [6, 6.07) is 7.98. The van der Waals surface area contributed by atoms with Crippen molar-refractivity contribution in [2.45, 2.75) is 45.6 Å². The van der Waals surface area contributed by atoms with Gasteiger partial charge in [-0.2, -0.15) is 5.10 Å². The lowest BCUT2D eigenvalue weighted by Gasteiger charge is -2.10. The van der Waals surface area contributed by atoms with Crippen LogP contribution in [0.5, 0.6) is 0 Å². The predicted molar refractivity (Wildman–Crippen MR) is 112 cm³/mol. The largest absolute Gasteiger partial charge is 0.289 e. The van der Waals surface area contributed by atoms with Crippen LogP contribution in [0.25, 0.3) is 10.2 Å². The van der Waals surface area contributed by atoms with Crippen molar-refractivity contribution < 1.29 is 4.79 Å². The number of hydrogen-bond donors (Lipinski definition) is 1. The Labute approximate surface area is 166 Å². The number of thiophene rings is 1. The topological polar surface area (TPSA) is 76.3 Å². The van der Waals surface area contributed by atoms with E-state index in [0.717, 1.165) is 48.1 Å². The molecule has 1 N–H and O–H groups in total. The highest BCUT2D eigenvalue weighted by Crippen LogP contribution is 2.33. The van der Waals surface area contributed by atoms with Crippen molar-refractivity contribution in [1.82, 2.24) is 15.0 Å². The average Bonchev–Trinajstić information content (AvgIpc) is 3.10. The number of carbonyl (C=O) groups is 1. The summed E-state index contributed by atoms with van der Waals surface area (Å²) in [5.41, 5.74) is 5.63. The van der Waals surface area contributed by atoms with Crippen molar-refractivity contribution in [2.24, 2.45) is 5.10 Å². The van der Waals surface area contributed by atoms with Crippen LogP contribution in [0.3, 0.4) is 0 Å². The maximum Gasteiger partial charge on any atom is 0.262 e. The summed E-state index contributed by atoms with van der Waals surface area (Å²) in [7, 11) is 0. The van der Waals surface area contributed by atoms with Crippen LogP contribution in [0.4, 0.5) is 0 Å². The van der Waals surface area contributed by atoms with Crippen LogP contribution in [-0.4, -0.2) is 21.7 Å². The van der Waals surface area contributed by atoms with Crippen molar-refractivity contribution >= 4 is 33.7 Å². The van der Waals surface area contributed by atoms with Gasteiger partial charge in [0.15, 0.2) is 0 Å². The minimum absolute atomic E-state index is 0.0987. The third kappa shape index (κ3) is 3.75. The summed E-state index contributed by atoms with van der Waals surface area (Å²) < 4.78 is 1.37. The smallest absolute Gasteiger partial charge is 0.262 e. The van der Waals surface area contributed by atoms with Crippen LogP contribution in [-0.2, 0) is 30.6 Å². The Bertz CT molecular complexity index is 1100. The van der Waals surface area contributed by atoms with Gasteiger partial charge < -0.3 is 0 Å². The molecule has 0 saturated heterocycles. The van der Waals surface area contributed by atoms with Gasteiger partial charge >= 0.3 is 0 Å². The molecule has 144 valence electrons. The quantitative estimate of drug-likeness (QED) is 0.534. The molecular formula is C21H22N4O2S. The SMILES string of the molecule is CCc1ccc(/C=N/NC(=O)Cn2cnc3sc4c(c3c2=O)CCCC4)cc1. The Kier molecular flexibility index (Phi) is 5.34. The van der Waals surface area contributed by atoms with E-state index in [2.05, 4.69) is 22.4 Å². The summed E-state index contributed by atoms with van der Waals surface area (Å²) >= 11 is 1.61. The molecule has 0 aliphatic heterocycles. The molecule has 28 heavy (non-hydrogen) atoms. The van der Waals surface area contributed by atoms with Gasteiger partial charge in [0, 0.05) is 4.88 Å². The Balaban J connectivity index is 1.46. The molecule has 0 radical (unpaired) electrons. The molecule has 0 unspecified atom stereocenters. The standard InChI is InChI=1S/C21H22N4O2S/c1-2-14-7-9-15(10-8-14)11-23-24-18(26)12-25-13-22-20-19(21(25)27)16-5-3-4-6-17(16)28-20/h7-11,13H,2-6,12H2,1H3,(H,24,26)/b23-11+. The van der Waals surface area contributed by atoms with Crippen LogP contribution in [0.1, 0.15) is 41.3 Å². The summed E-state index contributed by atoms with van der Waals surface area (Å²) in [6.45, 7) is 2.00. The minimum atomic E-state index is -0.353. The Morgan fingerprint density at radius 3 is 2.86 bits per heavy atom. The lowest BCUT2D eigenvalue weighted by atomic mass is 9.97. The van der Waals surface area contributed by atoms with E-state index < -0.39 is 0 Å². The molecule has 1 aliphatic rings. The second-order valence-electron chi connectivity index (χ2n) is 6.96. The van der Waals surface area contributed by atoms with Crippen LogP contribution in [0.15, 0.2) is 40.5 Å². The molecular weight excluding hydrogens is 372 g/mol. The fourth-order valence-electron chi connectivity index (χ4n) is 3.50. The van der Waals surface area contributed by atoms with E-state index >= 15 is 0 Å². The zero-order chi connectivity index (χ0) is 19.5. The first-order valence-corrected chi connectivity index (χ1v) is 10.4. The number of rotatable bonds is 5. The molecule has 0 spiro atoms. The van der Waals surface area contributed by atoms with Gasteiger partial charge in [0.25, 0.3) is 11.5 Å². The van der Waals surface area contributed by atoms with Crippen LogP contribution < -0.4 is 11.0 Å². The van der Waals surface area contributed by atoms with Gasteiger partial charge in [0.1, 0.15) is 11.4 Å². The number of carbonyl (C=O) groups excluding carboxylic acids is 1. The molecule has 1 aliphatic carbocycles. The molecule has 2 aromatic heterocycles. The highest BCUT2D eigenvalue weighted by atomic mass is 32.1. The molecule has 3 aromatic rings. The van der Waals surface area contributed by atoms with Crippen LogP contribution >= 0.6 is 11.3 Å². The maximum absolute atomic E-state index is 12.9. The first-order chi connectivity index (χ1) is 13.7. The minimum Gasteiger partial charge on any atom is -0.289 e. The molecule has 6 nitrogen and oxygen atoms in total. The van der Waals surface area contributed by atoms with Crippen molar-refractivity contribution in [3.05, 3.63) is 62.5 Å². The Morgan fingerprint density at radius 2 is 2.07 bits per heavy atom. The van der Waals surface area contributed by atoms with E-state index in [4.69, 9.17) is 0 Å². The lowest BCUT2D eigenvalue weighted by Crippen LogP contribution is -2.30. The second-order valence-corrected chi connectivity index (χ2v) is 8.04. The first-order valence-electron chi connectivity index (χ1n) is 9.56. The zero-order valence-electron chi connectivity index (χ0n) is 15.8. The van der Waals surface area contributed by atoms with Gasteiger partial charge in [-0.3, -0.25) is 14.2 Å². The lowest BCUT2D eigenvalue weighted by molar-refractivity contribution is -0.121. The monoisotopic (exact) mass is 394 g/mol. The Hall–Kier alpha value is -2.80. The molecule has 0 saturated carbocycles. The highest BCUT2D eigenvalue weighted by Gasteiger charge is 2.20. The number of nitrogens with one attached hydrogen (secondary N) is 1. The second kappa shape index (κ2) is 8.06. The number of fused-ring (bicyclic) bond motifs is 3. The van der Waals surface area contributed by atoms with Crippen molar-refractivity contribution in [3.8, 4) is 0 Å². The first kappa shape index (κ1) is 18.6. The molecule has 0 bridgehead atoms. The predicted octanol–water partition coefficient (Wildman–Crippen LogP) is 3.05. The molecule has 7 heteroatoms. The van der Waals surface area contributed by atoms with Gasteiger partial charge in [-0.25, -0.2) is 10.4 Å². The molecule has 1 aromatic carbocycles. The molecule has 0 fully saturated rings. The maximum atomic E-state index is 12.9. The molecule has 0 atom stereocenters. The third-order valence-corrected chi connectivity index (χ3v) is 6.25. The number of hydrogen-bond acceptors (Lipinski definition) is 5. The van der Waals surface area contributed by atoms with E-state index in [1.807, 2.05) is 24.3 Å². The fourth-order valence-corrected chi connectivity index (χ4v) is 4.72. The molecule has 1 amide bonds. The fraction of sp³-hybridized carbons (Fsp3) is 0.333. The van der Waals surface area contributed by atoms with Crippen molar-refractivity contribution in [2.75, 3.05) is 0 Å². The third-order valence-electron chi connectivity index (χ3n) is 5.05. The molecule has 4 rings (SSSR count). The number of benzene rings is 1. The molecule has 2 heterocycles. The summed E-state index contributed by atoms with van der Waals surface area (Å²) in [5, 5.41) is 4.68. The van der Waals surface area contributed by atoms with Crippen molar-refractivity contribution in [3.63, 3.8) is 0 Å². The number of amides is 1. The summed E-state index contributed by atoms with van der Waals surface area (Å²) in [6.07, 6.45) is 8.23. The van der Waals surface area contributed by atoms with Crippen molar-refractivity contribution in [1.29, 1.82) is 0 Å². The number of nitrogens with zero attached hydrogens (tertiary/aromatic N) is 3. The van der Waals surface area contributed by atoms with Gasteiger partial charge in [-0.1, -0.05) is 31.2 Å². The van der Waals surface area contributed by atoms with Gasteiger partial charge in [0.2, 0.25) is 0 Å². The van der Waals surface area contributed by atoms with Crippen LogP contribution in [0.2, 0.25) is 0 Å². The average molecular weight is 395 g/mol. The summed E-state index contributed by atoms with van der Waals surface area (Å²) in [5.74, 6) is -0.353. The van der Waals surface area contributed by atoms with E-state index in [9.17, 15) is 9.59 Å². The van der Waals surface area contributed by atoms with E-state index in [0.29, 0.717) is 5.39 Å². The number of hydrazone groups is 1. The number of aryl methyl sites for hydroxylation is 3. The van der Waals surface area contributed by atoms with Gasteiger partial charge in [-0.05, 0) is 48.8 Å².